The Hall–Kier alpha value is -0.160. The van der Waals surface area contributed by atoms with Crippen molar-refractivity contribution < 1.29 is 9.84 Å². The molecule has 13 heavy (non-hydrogen) atoms. The lowest BCUT2D eigenvalue weighted by molar-refractivity contribution is 0.0122. The van der Waals surface area contributed by atoms with E-state index < -0.39 is 0 Å². The molecule has 0 saturated carbocycles. The summed E-state index contributed by atoms with van der Waals surface area (Å²) in [4.78, 5) is 0. The maximum atomic E-state index is 9.29. The molecule has 0 aliphatic carbocycles. The maximum Gasteiger partial charge on any atom is 0.0615 e. The van der Waals surface area contributed by atoms with Gasteiger partial charge in [-0.1, -0.05) is 0 Å². The largest absolute Gasteiger partial charge is 0.394 e. The van der Waals surface area contributed by atoms with Crippen LogP contribution in [0.2, 0.25) is 0 Å². The van der Waals surface area contributed by atoms with Crippen LogP contribution in [0.25, 0.3) is 0 Å². The summed E-state index contributed by atoms with van der Waals surface area (Å²) in [5.41, 5.74) is 5.30. The molecule has 1 heterocycles. The van der Waals surface area contributed by atoms with Gasteiger partial charge >= 0.3 is 0 Å². The highest BCUT2D eigenvalue weighted by atomic mass is 16.5. The molecule has 1 saturated heterocycles. The van der Waals surface area contributed by atoms with Gasteiger partial charge in [0, 0.05) is 18.8 Å². The van der Waals surface area contributed by atoms with Crippen molar-refractivity contribution in [2.24, 2.45) is 5.73 Å². The first-order valence-corrected chi connectivity index (χ1v) is 4.97. The number of aliphatic hydroxyl groups excluding tert-OH is 1. The van der Waals surface area contributed by atoms with E-state index in [-0.39, 0.29) is 12.1 Å². The number of hydrogen-bond acceptors (Lipinski definition) is 4. The monoisotopic (exact) mass is 188 g/mol. The van der Waals surface area contributed by atoms with Crippen molar-refractivity contribution in [1.29, 1.82) is 0 Å². The summed E-state index contributed by atoms with van der Waals surface area (Å²) in [5, 5.41) is 12.7. The van der Waals surface area contributed by atoms with Crippen molar-refractivity contribution >= 4 is 0 Å². The van der Waals surface area contributed by atoms with E-state index in [2.05, 4.69) is 5.32 Å². The predicted octanol–water partition coefficient (Wildman–Crippen LogP) is -0.534. The second kappa shape index (κ2) is 5.54. The van der Waals surface area contributed by atoms with Gasteiger partial charge in [-0.25, -0.2) is 0 Å². The van der Waals surface area contributed by atoms with Crippen molar-refractivity contribution in [3.8, 4) is 0 Å². The second-order valence-corrected chi connectivity index (χ2v) is 3.62. The zero-order valence-electron chi connectivity index (χ0n) is 8.09. The third-order valence-electron chi connectivity index (χ3n) is 2.63. The molecule has 0 atom stereocenters. The molecule has 0 unspecified atom stereocenters. The van der Waals surface area contributed by atoms with Crippen LogP contribution >= 0.6 is 0 Å². The van der Waals surface area contributed by atoms with Crippen LogP contribution in [-0.2, 0) is 4.74 Å². The van der Waals surface area contributed by atoms with Crippen LogP contribution in [0.5, 0.6) is 0 Å². The second-order valence-electron chi connectivity index (χ2n) is 3.62. The Morgan fingerprint density at radius 2 is 2.08 bits per heavy atom. The summed E-state index contributed by atoms with van der Waals surface area (Å²) in [7, 11) is 0. The Balaban J connectivity index is 2.29. The minimum atomic E-state index is -0.104. The predicted molar refractivity (Wildman–Crippen MR) is 51.5 cm³/mol. The van der Waals surface area contributed by atoms with E-state index in [1.54, 1.807) is 0 Å². The van der Waals surface area contributed by atoms with Gasteiger partial charge in [0.2, 0.25) is 0 Å². The summed E-state index contributed by atoms with van der Waals surface area (Å²) in [6, 6.07) is 0. The summed E-state index contributed by atoms with van der Waals surface area (Å²) in [5.74, 6) is 0. The first-order chi connectivity index (χ1) is 6.33. The van der Waals surface area contributed by atoms with Crippen LogP contribution in [0.4, 0.5) is 0 Å². The minimum absolute atomic E-state index is 0.104. The van der Waals surface area contributed by atoms with Crippen LogP contribution < -0.4 is 11.1 Å². The molecule has 0 spiro atoms. The molecule has 0 aromatic heterocycles. The smallest absolute Gasteiger partial charge is 0.0615 e. The molecule has 4 N–H and O–H groups in total. The van der Waals surface area contributed by atoms with Gasteiger partial charge in [-0.15, -0.1) is 0 Å². The average molecular weight is 188 g/mol. The van der Waals surface area contributed by atoms with Gasteiger partial charge in [0.1, 0.15) is 0 Å². The molecule has 0 aromatic carbocycles. The summed E-state index contributed by atoms with van der Waals surface area (Å²) in [6.07, 6.45) is 2.75. The number of nitrogens with two attached hydrogens (primary N) is 1. The lowest BCUT2D eigenvalue weighted by Gasteiger charge is -2.36. The summed E-state index contributed by atoms with van der Waals surface area (Å²) in [6.45, 7) is 3.27. The zero-order valence-corrected chi connectivity index (χ0v) is 8.09. The highest BCUT2D eigenvalue weighted by molar-refractivity contribution is 4.89. The number of aliphatic hydroxyl groups is 1. The molecule has 0 bridgehead atoms. The number of rotatable bonds is 5. The fourth-order valence-electron chi connectivity index (χ4n) is 1.61. The maximum absolute atomic E-state index is 9.29. The molecule has 0 radical (unpaired) electrons. The quantitative estimate of drug-likeness (QED) is 0.507. The van der Waals surface area contributed by atoms with E-state index in [4.69, 9.17) is 10.5 Å². The van der Waals surface area contributed by atoms with E-state index in [1.807, 2.05) is 0 Å². The Morgan fingerprint density at radius 3 is 2.62 bits per heavy atom. The fraction of sp³-hybridized carbons (Fsp3) is 1.00. The molecule has 4 heteroatoms. The van der Waals surface area contributed by atoms with E-state index >= 15 is 0 Å². The van der Waals surface area contributed by atoms with Gasteiger partial charge in [-0.05, 0) is 32.4 Å². The van der Waals surface area contributed by atoms with Crippen molar-refractivity contribution in [3.05, 3.63) is 0 Å². The van der Waals surface area contributed by atoms with Crippen molar-refractivity contribution in [3.63, 3.8) is 0 Å². The average Bonchev–Trinajstić information content (AvgIpc) is 2.20. The van der Waals surface area contributed by atoms with Crippen molar-refractivity contribution in [1.82, 2.24) is 5.32 Å². The van der Waals surface area contributed by atoms with Gasteiger partial charge in [0.05, 0.1) is 6.61 Å². The molecule has 1 aliphatic rings. The molecule has 78 valence electrons. The Bertz CT molecular complexity index is 136. The van der Waals surface area contributed by atoms with Crippen LogP contribution in [0.1, 0.15) is 19.3 Å². The molecule has 1 rings (SSSR count). The van der Waals surface area contributed by atoms with E-state index in [1.165, 1.54) is 0 Å². The molecule has 0 amide bonds. The third-order valence-corrected chi connectivity index (χ3v) is 2.63. The molecule has 1 aliphatic heterocycles. The molecule has 4 nitrogen and oxygen atoms in total. The van der Waals surface area contributed by atoms with Crippen LogP contribution in [0.15, 0.2) is 0 Å². The van der Waals surface area contributed by atoms with E-state index in [9.17, 15) is 5.11 Å². The Morgan fingerprint density at radius 1 is 1.38 bits per heavy atom. The Labute approximate surface area is 79.5 Å². The zero-order chi connectivity index (χ0) is 9.57. The lowest BCUT2D eigenvalue weighted by Crippen LogP contribution is -2.52. The normalized spacial score (nSPS) is 21.7. The first kappa shape index (κ1) is 10.9. The van der Waals surface area contributed by atoms with E-state index in [0.29, 0.717) is 6.54 Å². The SMILES string of the molecule is NCCCNC1(CO)CCOCC1. The Kier molecular flexibility index (Phi) is 4.66. The van der Waals surface area contributed by atoms with Crippen LogP contribution in [0.3, 0.4) is 0 Å². The minimum Gasteiger partial charge on any atom is -0.394 e. The molecule has 1 fully saturated rings. The molecular weight excluding hydrogens is 168 g/mol. The van der Waals surface area contributed by atoms with Gasteiger partial charge in [-0.3, -0.25) is 0 Å². The summed E-state index contributed by atoms with van der Waals surface area (Å²) >= 11 is 0. The highest BCUT2D eigenvalue weighted by Crippen LogP contribution is 2.19. The van der Waals surface area contributed by atoms with Gasteiger partial charge in [0.15, 0.2) is 0 Å². The van der Waals surface area contributed by atoms with E-state index in [0.717, 1.165) is 39.0 Å². The van der Waals surface area contributed by atoms with Crippen LogP contribution in [-0.4, -0.2) is 43.6 Å². The summed E-state index contributed by atoms with van der Waals surface area (Å²) < 4.78 is 5.26. The number of hydrogen-bond donors (Lipinski definition) is 3. The fourth-order valence-corrected chi connectivity index (χ4v) is 1.61. The molecular formula is C9H20N2O2. The van der Waals surface area contributed by atoms with Crippen LogP contribution in [0, 0.1) is 0 Å². The number of nitrogens with one attached hydrogen (secondary N) is 1. The molecule has 0 aromatic rings. The third kappa shape index (κ3) is 3.23. The standard InChI is InChI=1S/C9H20N2O2/c10-4-1-5-11-9(8-12)2-6-13-7-3-9/h11-12H,1-8,10H2. The topological polar surface area (TPSA) is 67.5 Å². The lowest BCUT2D eigenvalue weighted by atomic mass is 9.91. The van der Waals surface area contributed by atoms with Crippen molar-refractivity contribution in [2.75, 3.05) is 32.9 Å². The first-order valence-electron chi connectivity index (χ1n) is 4.97. The van der Waals surface area contributed by atoms with Gasteiger partial charge in [0.25, 0.3) is 0 Å². The van der Waals surface area contributed by atoms with Crippen molar-refractivity contribution in [2.45, 2.75) is 24.8 Å². The van der Waals surface area contributed by atoms with Gasteiger partial charge in [-0.2, -0.15) is 0 Å². The number of ether oxygens (including phenoxy) is 1. The highest BCUT2D eigenvalue weighted by Gasteiger charge is 2.30. The van der Waals surface area contributed by atoms with Gasteiger partial charge < -0.3 is 20.9 Å².